The summed E-state index contributed by atoms with van der Waals surface area (Å²) in [6.07, 6.45) is 1.09. The zero-order valence-corrected chi connectivity index (χ0v) is 12.0. The molecule has 100 valence electrons. The van der Waals surface area contributed by atoms with E-state index in [0.717, 1.165) is 12.2 Å². The van der Waals surface area contributed by atoms with Crippen LogP contribution in [0.2, 0.25) is 10.0 Å². The van der Waals surface area contributed by atoms with Crippen LogP contribution in [0.25, 0.3) is 0 Å². The molecule has 0 spiro atoms. The minimum Gasteiger partial charge on any atom is -0.488 e. The third kappa shape index (κ3) is 2.91. The Kier molecular flexibility index (Phi) is 4.73. The zero-order valence-electron chi connectivity index (χ0n) is 10.5. The summed E-state index contributed by atoms with van der Waals surface area (Å²) in [5, 5.41) is 4.26. The number of halogens is 2. The summed E-state index contributed by atoms with van der Waals surface area (Å²) in [6, 6.07) is 5.66. The summed E-state index contributed by atoms with van der Waals surface area (Å²) < 4.78 is 11.5. The van der Waals surface area contributed by atoms with Gasteiger partial charge in [0.2, 0.25) is 0 Å². The van der Waals surface area contributed by atoms with Crippen LogP contribution in [0.5, 0.6) is 5.75 Å². The van der Waals surface area contributed by atoms with Gasteiger partial charge >= 0.3 is 0 Å². The van der Waals surface area contributed by atoms with Gasteiger partial charge in [-0.25, -0.2) is 0 Å². The summed E-state index contributed by atoms with van der Waals surface area (Å²) in [5.41, 5.74) is 0. The highest BCUT2D eigenvalue weighted by Gasteiger charge is 2.42. The average molecular weight is 290 g/mol. The van der Waals surface area contributed by atoms with Gasteiger partial charge in [-0.05, 0) is 26.1 Å². The first-order chi connectivity index (χ1) is 8.65. The summed E-state index contributed by atoms with van der Waals surface area (Å²) in [4.78, 5) is 0. The lowest BCUT2D eigenvalue weighted by Gasteiger charge is -2.43. The van der Waals surface area contributed by atoms with Gasteiger partial charge in [-0.3, -0.25) is 0 Å². The second kappa shape index (κ2) is 6.11. The van der Waals surface area contributed by atoms with Crippen molar-refractivity contribution in [2.45, 2.75) is 31.6 Å². The molecular weight excluding hydrogens is 273 g/mol. The molecule has 0 saturated heterocycles. The van der Waals surface area contributed by atoms with Crippen LogP contribution in [0.1, 0.15) is 13.3 Å². The van der Waals surface area contributed by atoms with Crippen LogP contribution in [-0.4, -0.2) is 31.9 Å². The van der Waals surface area contributed by atoms with Crippen molar-refractivity contribution < 1.29 is 9.47 Å². The van der Waals surface area contributed by atoms with Crippen molar-refractivity contribution in [1.29, 1.82) is 0 Å². The molecule has 1 aliphatic rings. The third-order valence-corrected chi connectivity index (χ3v) is 3.90. The van der Waals surface area contributed by atoms with Gasteiger partial charge in [0.05, 0.1) is 10.0 Å². The number of likely N-dealkylation sites (N-methyl/N-ethyl adjacent to an activating group) is 1. The van der Waals surface area contributed by atoms with E-state index in [4.69, 9.17) is 32.7 Å². The van der Waals surface area contributed by atoms with Crippen LogP contribution in [0, 0.1) is 0 Å². The van der Waals surface area contributed by atoms with Gasteiger partial charge in [-0.1, -0.05) is 23.2 Å². The topological polar surface area (TPSA) is 30.5 Å². The van der Waals surface area contributed by atoms with E-state index in [2.05, 4.69) is 5.32 Å². The number of hydrogen-bond donors (Lipinski definition) is 1. The Labute approximate surface area is 117 Å². The molecule has 0 radical (unpaired) electrons. The number of rotatable bonds is 5. The van der Waals surface area contributed by atoms with Crippen molar-refractivity contribution in [3.63, 3.8) is 0 Å². The van der Waals surface area contributed by atoms with Crippen molar-refractivity contribution in [3.05, 3.63) is 28.2 Å². The molecule has 5 heteroatoms. The number of benzene rings is 1. The van der Waals surface area contributed by atoms with Crippen LogP contribution >= 0.6 is 23.2 Å². The molecule has 2 rings (SSSR count). The quantitative estimate of drug-likeness (QED) is 0.903. The summed E-state index contributed by atoms with van der Waals surface area (Å²) in [7, 11) is 1.94. The largest absolute Gasteiger partial charge is 0.488 e. The van der Waals surface area contributed by atoms with Gasteiger partial charge < -0.3 is 14.8 Å². The molecular formula is C13H17Cl2NO2. The standard InChI is InChI=1S/C13H17Cl2NO2/c1-3-17-13-11(16-2)7-12(13)18-8-4-5-9(14)10(15)6-8/h4-6,11-13,16H,3,7H2,1-2H3. The Hall–Kier alpha value is -0.480. The molecule has 1 aromatic rings. The SMILES string of the molecule is CCOC1C(NC)CC1Oc1ccc(Cl)c(Cl)c1. The van der Waals surface area contributed by atoms with E-state index in [1.165, 1.54) is 0 Å². The molecule has 1 saturated carbocycles. The first-order valence-corrected chi connectivity index (χ1v) is 6.82. The maximum absolute atomic E-state index is 5.96. The van der Waals surface area contributed by atoms with E-state index >= 15 is 0 Å². The van der Waals surface area contributed by atoms with Gasteiger partial charge in [-0.15, -0.1) is 0 Å². The second-order valence-corrected chi connectivity index (χ2v) is 5.10. The third-order valence-electron chi connectivity index (χ3n) is 3.16. The Bertz CT molecular complexity index is 414. The molecule has 3 atom stereocenters. The summed E-state index contributed by atoms with van der Waals surface area (Å²) in [5.74, 6) is 0.730. The van der Waals surface area contributed by atoms with Crippen molar-refractivity contribution in [3.8, 4) is 5.75 Å². The van der Waals surface area contributed by atoms with E-state index in [9.17, 15) is 0 Å². The molecule has 0 aliphatic heterocycles. The van der Waals surface area contributed by atoms with E-state index in [-0.39, 0.29) is 12.2 Å². The summed E-state index contributed by atoms with van der Waals surface area (Å²) >= 11 is 11.8. The van der Waals surface area contributed by atoms with Gasteiger partial charge in [-0.2, -0.15) is 0 Å². The maximum Gasteiger partial charge on any atom is 0.128 e. The zero-order chi connectivity index (χ0) is 13.1. The first kappa shape index (κ1) is 13.9. The molecule has 1 aromatic carbocycles. The van der Waals surface area contributed by atoms with Crippen LogP contribution in [-0.2, 0) is 4.74 Å². The highest BCUT2D eigenvalue weighted by Crippen LogP contribution is 2.32. The fourth-order valence-corrected chi connectivity index (χ4v) is 2.41. The predicted molar refractivity (Wildman–Crippen MR) is 73.8 cm³/mol. The molecule has 3 unspecified atom stereocenters. The molecule has 1 fully saturated rings. The van der Waals surface area contributed by atoms with Crippen molar-refractivity contribution in [2.24, 2.45) is 0 Å². The lowest BCUT2D eigenvalue weighted by Crippen LogP contribution is -2.60. The Morgan fingerprint density at radius 2 is 2.11 bits per heavy atom. The fraction of sp³-hybridized carbons (Fsp3) is 0.538. The predicted octanol–water partition coefficient (Wildman–Crippen LogP) is 3.14. The van der Waals surface area contributed by atoms with Gasteiger partial charge in [0.1, 0.15) is 18.0 Å². The van der Waals surface area contributed by atoms with Gasteiger partial charge in [0.15, 0.2) is 0 Å². The molecule has 0 heterocycles. The Balaban J connectivity index is 1.99. The molecule has 1 N–H and O–H groups in total. The molecule has 0 bridgehead atoms. The van der Waals surface area contributed by atoms with Gasteiger partial charge in [0.25, 0.3) is 0 Å². The monoisotopic (exact) mass is 289 g/mol. The van der Waals surface area contributed by atoms with Crippen LogP contribution in [0.4, 0.5) is 0 Å². The van der Waals surface area contributed by atoms with E-state index in [1.807, 2.05) is 20.0 Å². The van der Waals surface area contributed by atoms with Crippen molar-refractivity contribution in [1.82, 2.24) is 5.32 Å². The number of hydrogen-bond acceptors (Lipinski definition) is 3. The molecule has 1 aliphatic carbocycles. The minimum atomic E-state index is 0.0691. The minimum absolute atomic E-state index is 0.0691. The average Bonchev–Trinajstić information content (AvgIpc) is 2.35. The lowest BCUT2D eigenvalue weighted by atomic mass is 9.85. The normalized spacial score (nSPS) is 26.8. The van der Waals surface area contributed by atoms with Gasteiger partial charge in [0, 0.05) is 25.1 Å². The van der Waals surface area contributed by atoms with Crippen molar-refractivity contribution in [2.75, 3.05) is 13.7 Å². The van der Waals surface area contributed by atoms with Crippen LogP contribution in [0.3, 0.4) is 0 Å². The number of nitrogens with one attached hydrogen (secondary N) is 1. The highest BCUT2D eigenvalue weighted by molar-refractivity contribution is 6.42. The molecule has 3 nitrogen and oxygen atoms in total. The molecule has 0 amide bonds. The Morgan fingerprint density at radius 1 is 1.33 bits per heavy atom. The smallest absolute Gasteiger partial charge is 0.128 e. The highest BCUT2D eigenvalue weighted by atomic mass is 35.5. The van der Waals surface area contributed by atoms with E-state index < -0.39 is 0 Å². The second-order valence-electron chi connectivity index (χ2n) is 4.28. The van der Waals surface area contributed by atoms with Crippen LogP contribution < -0.4 is 10.1 Å². The Morgan fingerprint density at radius 3 is 2.72 bits per heavy atom. The fourth-order valence-electron chi connectivity index (χ4n) is 2.12. The van der Waals surface area contributed by atoms with Crippen molar-refractivity contribution >= 4 is 23.2 Å². The number of ether oxygens (including phenoxy) is 2. The van der Waals surface area contributed by atoms with Crippen LogP contribution in [0.15, 0.2) is 18.2 Å². The molecule has 0 aromatic heterocycles. The summed E-state index contributed by atoms with van der Waals surface area (Å²) in [6.45, 7) is 2.67. The first-order valence-electron chi connectivity index (χ1n) is 6.06. The van der Waals surface area contributed by atoms with E-state index in [1.54, 1.807) is 12.1 Å². The van der Waals surface area contributed by atoms with E-state index in [0.29, 0.717) is 22.7 Å². The molecule has 18 heavy (non-hydrogen) atoms. The maximum atomic E-state index is 5.96. The lowest BCUT2D eigenvalue weighted by molar-refractivity contribution is -0.103.